The van der Waals surface area contributed by atoms with Crippen molar-refractivity contribution in [3.8, 4) is 5.06 Å². The van der Waals surface area contributed by atoms with Crippen LogP contribution in [0.4, 0.5) is 17.6 Å². The summed E-state index contributed by atoms with van der Waals surface area (Å²) < 4.78 is 54.8. The van der Waals surface area contributed by atoms with Crippen molar-refractivity contribution >= 4 is 34.8 Å². The molecule has 0 saturated heterocycles. The molecule has 6 nitrogen and oxygen atoms in total. The van der Waals surface area contributed by atoms with E-state index in [1.165, 1.54) is 17.9 Å². The van der Waals surface area contributed by atoms with Gasteiger partial charge in [-0.3, -0.25) is 9.59 Å². The fourth-order valence-corrected chi connectivity index (χ4v) is 4.30. The Labute approximate surface area is 176 Å². The predicted molar refractivity (Wildman–Crippen MR) is 99.0 cm³/mol. The zero-order chi connectivity index (χ0) is 22.4. The third-order valence-electron chi connectivity index (χ3n) is 4.59. The molecule has 0 fully saturated rings. The minimum atomic E-state index is -4.71. The number of hydrogen-bond donors (Lipinski definition) is 2. The van der Waals surface area contributed by atoms with E-state index in [9.17, 15) is 37.4 Å². The minimum absolute atomic E-state index is 0.0175. The number of aliphatic hydroxyl groups excluding tert-OH is 1. The lowest BCUT2D eigenvalue weighted by atomic mass is 9.92. The highest BCUT2D eigenvalue weighted by atomic mass is 35.5. The van der Waals surface area contributed by atoms with Gasteiger partial charge in [-0.2, -0.15) is 17.6 Å². The van der Waals surface area contributed by atoms with Crippen LogP contribution >= 0.6 is 22.9 Å². The Morgan fingerprint density at radius 3 is 2.67 bits per heavy atom. The van der Waals surface area contributed by atoms with Crippen molar-refractivity contribution in [2.24, 2.45) is 0 Å². The van der Waals surface area contributed by atoms with E-state index in [1.807, 2.05) is 0 Å². The van der Waals surface area contributed by atoms with E-state index in [-0.39, 0.29) is 22.1 Å². The Kier molecular flexibility index (Phi) is 5.87. The number of hydrogen-bond acceptors (Lipinski definition) is 5. The molecular weight excluding hydrogens is 454 g/mol. The van der Waals surface area contributed by atoms with Gasteiger partial charge in [-0.15, -0.1) is 0 Å². The number of halogens is 5. The van der Waals surface area contributed by atoms with E-state index in [0.717, 1.165) is 12.1 Å². The molecule has 1 atom stereocenters. The van der Waals surface area contributed by atoms with Crippen molar-refractivity contribution < 1.29 is 42.1 Å². The molecule has 1 aromatic rings. The number of ether oxygens (including phenoxy) is 1. The molecule has 1 unspecified atom stereocenters. The second kappa shape index (κ2) is 7.95. The number of carbonyl (C=O) groups excluding carboxylic acids is 1. The van der Waals surface area contributed by atoms with Crippen LogP contribution in [0.25, 0.3) is 0 Å². The van der Waals surface area contributed by atoms with Crippen LogP contribution in [0.3, 0.4) is 0 Å². The van der Waals surface area contributed by atoms with Gasteiger partial charge in [0.05, 0.1) is 22.4 Å². The fraction of sp³-hybridized carbons (Fsp3) is 0.333. The molecule has 2 heterocycles. The Morgan fingerprint density at radius 1 is 1.40 bits per heavy atom. The molecular formula is C18H14ClF4NO5S. The third-order valence-corrected chi connectivity index (χ3v) is 5.89. The van der Waals surface area contributed by atoms with Gasteiger partial charge in [0.25, 0.3) is 5.91 Å². The zero-order valence-electron chi connectivity index (χ0n) is 15.2. The summed E-state index contributed by atoms with van der Waals surface area (Å²) in [6.45, 7) is 1.51. The maximum atomic E-state index is 13.1. The van der Waals surface area contributed by atoms with Crippen molar-refractivity contribution in [3.63, 3.8) is 0 Å². The number of aliphatic hydroxyl groups is 1. The molecule has 3 rings (SSSR count). The largest absolute Gasteiger partial charge is 0.507 e. The smallest absolute Gasteiger partial charge is 0.461 e. The lowest BCUT2D eigenvalue weighted by Crippen LogP contribution is -2.36. The molecule has 2 N–H and O–H groups in total. The lowest BCUT2D eigenvalue weighted by molar-refractivity contribution is -0.251. The number of amides is 1. The van der Waals surface area contributed by atoms with Crippen LogP contribution < -0.4 is 4.74 Å². The maximum absolute atomic E-state index is 13.1. The summed E-state index contributed by atoms with van der Waals surface area (Å²) in [5.74, 6) is -2.07. The van der Waals surface area contributed by atoms with Gasteiger partial charge in [0.1, 0.15) is 5.76 Å². The van der Waals surface area contributed by atoms with Gasteiger partial charge < -0.3 is 19.8 Å². The molecule has 30 heavy (non-hydrogen) atoms. The molecule has 1 amide bonds. The summed E-state index contributed by atoms with van der Waals surface area (Å²) in [5.41, 5.74) is 1.02. The van der Waals surface area contributed by atoms with E-state index in [0.29, 0.717) is 28.2 Å². The number of alkyl halides is 4. The number of allylic oxidation sites excluding steroid dienone is 2. The monoisotopic (exact) mass is 467 g/mol. The summed E-state index contributed by atoms with van der Waals surface area (Å²) in [7, 11) is 0. The van der Waals surface area contributed by atoms with Gasteiger partial charge in [-0.25, -0.2) is 0 Å². The molecule has 0 aromatic carbocycles. The van der Waals surface area contributed by atoms with Gasteiger partial charge in [-0.05, 0) is 36.3 Å². The van der Waals surface area contributed by atoms with Crippen LogP contribution in [0.2, 0.25) is 0 Å². The van der Waals surface area contributed by atoms with E-state index < -0.39 is 41.9 Å². The molecule has 2 aliphatic rings. The van der Waals surface area contributed by atoms with Crippen molar-refractivity contribution in [1.29, 1.82) is 0 Å². The van der Waals surface area contributed by atoms with E-state index in [2.05, 4.69) is 4.74 Å². The molecule has 1 aromatic heterocycles. The molecule has 0 saturated carbocycles. The van der Waals surface area contributed by atoms with Gasteiger partial charge >= 0.3 is 18.5 Å². The van der Waals surface area contributed by atoms with Crippen molar-refractivity contribution in [2.45, 2.75) is 38.3 Å². The summed E-state index contributed by atoms with van der Waals surface area (Å²) in [5, 5.41) is 18.6. The molecule has 0 spiro atoms. The lowest BCUT2D eigenvalue weighted by Gasteiger charge is -2.28. The van der Waals surface area contributed by atoms with Gasteiger partial charge in [0.15, 0.2) is 5.06 Å². The van der Waals surface area contributed by atoms with E-state index >= 15 is 0 Å². The number of carboxylic acids is 1. The van der Waals surface area contributed by atoms with Crippen molar-refractivity contribution in [1.82, 2.24) is 4.90 Å². The number of rotatable bonds is 6. The standard InChI is InChI=1S/C18H14ClF4NO5S/c1-7-8(5-14(26)27)9-4-12(25)10(19)6-11(9)24(7)16(28)13-2-3-15(30-13)29-18(22,23)17(20)21/h2-4,11,17,25H,5-6H2,1H3,(H,26,27). The molecule has 0 radical (unpaired) electrons. The second-order valence-electron chi connectivity index (χ2n) is 6.50. The summed E-state index contributed by atoms with van der Waals surface area (Å²) in [6.07, 6.45) is -7.86. The average Bonchev–Trinajstić information content (AvgIpc) is 3.18. The van der Waals surface area contributed by atoms with E-state index in [4.69, 9.17) is 11.6 Å². The quantitative estimate of drug-likeness (QED) is 0.581. The molecule has 1 aliphatic heterocycles. The molecule has 1 aliphatic carbocycles. The number of carboxylic acid groups (broad SMARTS) is 1. The normalized spacial score (nSPS) is 19.4. The highest BCUT2D eigenvalue weighted by molar-refractivity contribution is 7.15. The topological polar surface area (TPSA) is 87.1 Å². The summed E-state index contributed by atoms with van der Waals surface area (Å²) in [4.78, 5) is 25.5. The Hall–Kier alpha value is -2.53. The van der Waals surface area contributed by atoms with Crippen LogP contribution in [-0.2, 0) is 4.79 Å². The van der Waals surface area contributed by atoms with Gasteiger partial charge in [0.2, 0.25) is 0 Å². The number of carbonyl (C=O) groups is 2. The van der Waals surface area contributed by atoms with Crippen molar-refractivity contribution in [2.75, 3.05) is 0 Å². The highest BCUT2D eigenvalue weighted by Crippen LogP contribution is 2.44. The SMILES string of the molecule is CC1=C(CC(=O)O)C2=CC(O)=C(Cl)CC2N1C(=O)c1ccc(OC(F)(F)C(F)F)s1. The Balaban J connectivity index is 1.93. The number of aliphatic carboxylic acids is 1. The maximum Gasteiger partial charge on any atom is 0.461 e. The van der Waals surface area contributed by atoms with Gasteiger partial charge in [0, 0.05) is 12.1 Å². The number of fused-ring (bicyclic) bond motifs is 1. The van der Waals surface area contributed by atoms with Crippen LogP contribution in [0, 0.1) is 0 Å². The first kappa shape index (κ1) is 22.2. The summed E-state index contributed by atoms with van der Waals surface area (Å²) in [6, 6.07) is 1.41. The Bertz CT molecular complexity index is 1000. The summed E-state index contributed by atoms with van der Waals surface area (Å²) >= 11 is 6.45. The van der Waals surface area contributed by atoms with Gasteiger partial charge in [-0.1, -0.05) is 22.9 Å². The molecule has 162 valence electrons. The molecule has 12 heteroatoms. The van der Waals surface area contributed by atoms with Crippen LogP contribution in [0.5, 0.6) is 5.06 Å². The first-order valence-electron chi connectivity index (χ1n) is 8.42. The van der Waals surface area contributed by atoms with Crippen LogP contribution in [-0.4, -0.2) is 45.6 Å². The van der Waals surface area contributed by atoms with Crippen LogP contribution in [0.15, 0.2) is 45.8 Å². The van der Waals surface area contributed by atoms with Crippen molar-refractivity contribution in [3.05, 3.63) is 50.7 Å². The minimum Gasteiger partial charge on any atom is -0.507 e. The number of nitrogens with zero attached hydrogens (tertiary/aromatic N) is 1. The average molecular weight is 468 g/mol. The first-order chi connectivity index (χ1) is 13.9. The first-order valence-corrected chi connectivity index (χ1v) is 9.61. The molecule has 0 bridgehead atoms. The van der Waals surface area contributed by atoms with Crippen LogP contribution in [0.1, 0.15) is 29.4 Å². The number of thiophene rings is 1. The second-order valence-corrected chi connectivity index (χ2v) is 8.01. The zero-order valence-corrected chi connectivity index (χ0v) is 16.7. The Morgan fingerprint density at radius 2 is 2.07 bits per heavy atom. The fourth-order valence-electron chi connectivity index (χ4n) is 3.28. The van der Waals surface area contributed by atoms with E-state index in [1.54, 1.807) is 0 Å². The highest BCUT2D eigenvalue weighted by Gasteiger charge is 2.45. The third kappa shape index (κ3) is 4.04. The predicted octanol–water partition coefficient (Wildman–Crippen LogP) is 4.90.